The van der Waals surface area contributed by atoms with E-state index in [1.54, 1.807) is 17.1 Å². The van der Waals surface area contributed by atoms with Crippen molar-refractivity contribution in [3.05, 3.63) is 18.5 Å². The molecule has 0 fully saturated rings. The quantitative estimate of drug-likeness (QED) is 0.879. The molecule has 1 N–H and O–H groups in total. The summed E-state index contributed by atoms with van der Waals surface area (Å²) in [6, 6.07) is 2.13. The Bertz CT molecular complexity index is 561. The molecule has 0 atom stereocenters. The molecule has 0 radical (unpaired) electrons. The number of hydrogen-bond acceptors (Lipinski definition) is 6. The van der Waals surface area contributed by atoms with Gasteiger partial charge in [0.05, 0.1) is 6.61 Å². The molecular formula is C14H22N6O. The smallest absolute Gasteiger partial charge is 0.323 e. The lowest BCUT2D eigenvalue weighted by molar-refractivity contribution is 0.228. The Morgan fingerprint density at radius 3 is 2.67 bits per heavy atom. The summed E-state index contributed by atoms with van der Waals surface area (Å²) in [6.07, 6.45) is 4.38. The van der Waals surface area contributed by atoms with Crippen LogP contribution in [-0.4, -0.2) is 37.9 Å². The van der Waals surface area contributed by atoms with E-state index in [2.05, 4.69) is 46.1 Å². The van der Waals surface area contributed by atoms with Crippen molar-refractivity contribution in [1.82, 2.24) is 24.7 Å². The van der Waals surface area contributed by atoms with E-state index >= 15 is 0 Å². The van der Waals surface area contributed by atoms with Crippen LogP contribution in [0.2, 0.25) is 0 Å². The summed E-state index contributed by atoms with van der Waals surface area (Å²) in [5.41, 5.74) is 0.211. The van der Waals surface area contributed by atoms with Gasteiger partial charge in [-0.25, -0.2) is 4.68 Å². The summed E-state index contributed by atoms with van der Waals surface area (Å²) in [4.78, 5) is 12.9. The molecule has 0 aromatic carbocycles. The molecule has 7 nitrogen and oxygen atoms in total. The van der Waals surface area contributed by atoms with Gasteiger partial charge in [-0.2, -0.15) is 20.1 Å². The lowest BCUT2D eigenvalue weighted by atomic mass is 9.93. The Labute approximate surface area is 124 Å². The van der Waals surface area contributed by atoms with Gasteiger partial charge in [-0.1, -0.05) is 20.8 Å². The molecule has 0 aliphatic heterocycles. The normalized spacial score (nSPS) is 11.4. The van der Waals surface area contributed by atoms with Crippen molar-refractivity contribution in [3.8, 4) is 12.0 Å². The SMILES string of the molecule is CCNc1nc(OCCC(C)(C)C)nc(-n2cccn2)n1. The number of anilines is 1. The summed E-state index contributed by atoms with van der Waals surface area (Å²) in [5.74, 6) is 0.931. The van der Waals surface area contributed by atoms with Gasteiger partial charge in [-0.15, -0.1) is 0 Å². The number of rotatable bonds is 6. The predicted octanol–water partition coefficient (Wildman–Crippen LogP) is 2.30. The predicted molar refractivity (Wildman–Crippen MR) is 80.7 cm³/mol. The maximum Gasteiger partial charge on any atom is 0.323 e. The van der Waals surface area contributed by atoms with E-state index in [0.717, 1.165) is 13.0 Å². The highest BCUT2D eigenvalue weighted by Gasteiger charge is 2.13. The van der Waals surface area contributed by atoms with Gasteiger partial charge in [0.1, 0.15) is 0 Å². The molecule has 114 valence electrons. The fourth-order valence-electron chi connectivity index (χ4n) is 1.59. The third kappa shape index (κ3) is 4.70. The molecule has 0 aliphatic carbocycles. The number of nitrogens with zero attached hydrogens (tertiary/aromatic N) is 5. The Morgan fingerprint density at radius 1 is 1.24 bits per heavy atom. The zero-order chi connectivity index (χ0) is 15.3. The van der Waals surface area contributed by atoms with E-state index in [-0.39, 0.29) is 5.41 Å². The van der Waals surface area contributed by atoms with Gasteiger partial charge >= 0.3 is 6.01 Å². The van der Waals surface area contributed by atoms with Crippen LogP contribution in [0.1, 0.15) is 34.1 Å². The molecule has 0 aliphatic rings. The number of hydrogen-bond donors (Lipinski definition) is 1. The van der Waals surface area contributed by atoms with Crippen molar-refractivity contribution in [2.24, 2.45) is 5.41 Å². The van der Waals surface area contributed by atoms with Gasteiger partial charge in [0.2, 0.25) is 5.95 Å². The van der Waals surface area contributed by atoms with Crippen molar-refractivity contribution in [1.29, 1.82) is 0 Å². The van der Waals surface area contributed by atoms with Gasteiger partial charge in [0.25, 0.3) is 5.95 Å². The van der Waals surface area contributed by atoms with E-state index in [1.807, 2.05) is 13.0 Å². The van der Waals surface area contributed by atoms with Crippen LogP contribution in [0.15, 0.2) is 18.5 Å². The van der Waals surface area contributed by atoms with Crippen LogP contribution >= 0.6 is 0 Å². The minimum absolute atomic E-state index is 0.211. The van der Waals surface area contributed by atoms with Gasteiger partial charge in [-0.05, 0) is 24.8 Å². The lowest BCUT2D eigenvalue weighted by Crippen LogP contribution is -2.14. The zero-order valence-electron chi connectivity index (χ0n) is 13.0. The number of aromatic nitrogens is 5. The topological polar surface area (TPSA) is 77.8 Å². The molecule has 0 amide bonds. The molecule has 2 aromatic rings. The van der Waals surface area contributed by atoms with E-state index < -0.39 is 0 Å². The average Bonchev–Trinajstić information content (AvgIpc) is 2.91. The van der Waals surface area contributed by atoms with Crippen LogP contribution in [0.4, 0.5) is 5.95 Å². The van der Waals surface area contributed by atoms with Gasteiger partial charge in [0.15, 0.2) is 0 Å². The maximum atomic E-state index is 5.66. The lowest BCUT2D eigenvalue weighted by Gasteiger charge is -2.17. The van der Waals surface area contributed by atoms with Crippen molar-refractivity contribution < 1.29 is 4.74 Å². The Balaban J connectivity index is 2.16. The van der Waals surface area contributed by atoms with Crippen LogP contribution in [0.3, 0.4) is 0 Å². The summed E-state index contributed by atoms with van der Waals surface area (Å²) in [5, 5.41) is 7.20. The summed E-state index contributed by atoms with van der Waals surface area (Å²) in [6.45, 7) is 9.79. The molecule has 0 saturated heterocycles. The highest BCUT2D eigenvalue weighted by atomic mass is 16.5. The molecule has 2 heterocycles. The summed E-state index contributed by atoms with van der Waals surface area (Å²) in [7, 11) is 0. The highest BCUT2D eigenvalue weighted by Crippen LogP contribution is 2.19. The standard InChI is InChI=1S/C14H22N6O/c1-5-15-11-17-12(20-9-6-8-16-20)19-13(18-11)21-10-7-14(2,3)4/h6,8-9H,5,7,10H2,1-4H3,(H,15,17,18,19). The molecular weight excluding hydrogens is 268 g/mol. The van der Waals surface area contributed by atoms with E-state index in [4.69, 9.17) is 4.74 Å². The summed E-state index contributed by atoms with van der Waals surface area (Å²) >= 11 is 0. The molecule has 7 heteroatoms. The maximum absolute atomic E-state index is 5.66. The van der Waals surface area contributed by atoms with E-state index in [0.29, 0.717) is 24.5 Å². The van der Waals surface area contributed by atoms with Crippen LogP contribution in [-0.2, 0) is 0 Å². The van der Waals surface area contributed by atoms with Crippen LogP contribution in [0.25, 0.3) is 5.95 Å². The van der Waals surface area contributed by atoms with Crippen molar-refractivity contribution in [2.75, 3.05) is 18.5 Å². The van der Waals surface area contributed by atoms with Gasteiger partial charge in [0, 0.05) is 18.9 Å². The first-order chi connectivity index (χ1) is 9.98. The van der Waals surface area contributed by atoms with Crippen molar-refractivity contribution in [2.45, 2.75) is 34.1 Å². The number of nitrogens with one attached hydrogen (secondary N) is 1. The first kappa shape index (κ1) is 15.2. The van der Waals surface area contributed by atoms with E-state index in [9.17, 15) is 0 Å². The second kappa shape index (κ2) is 6.51. The number of ether oxygens (including phenoxy) is 1. The fraction of sp³-hybridized carbons (Fsp3) is 0.571. The molecule has 0 saturated carbocycles. The third-order valence-corrected chi connectivity index (χ3v) is 2.73. The Morgan fingerprint density at radius 2 is 2.05 bits per heavy atom. The molecule has 21 heavy (non-hydrogen) atoms. The first-order valence-corrected chi connectivity index (χ1v) is 7.11. The van der Waals surface area contributed by atoms with E-state index in [1.165, 1.54) is 0 Å². The monoisotopic (exact) mass is 290 g/mol. The minimum atomic E-state index is 0.211. The molecule has 0 spiro atoms. The second-order valence-electron chi connectivity index (χ2n) is 5.88. The van der Waals surface area contributed by atoms with Crippen LogP contribution in [0, 0.1) is 5.41 Å². The largest absolute Gasteiger partial charge is 0.463 e. The van der Waals surface area contributed by atoms with Crippen LogP contribution < -0.4 is 10.1 Å². The fourth-order valence-corrected chi connectivity index (χ4v) is 1.59. The molecule has 0 unspecified atom stereocenters. The summed E-state index contributed by atoms with van der Waals surface area (Å²) < 4.78 is 7.25. The van der Waals surface area contributed by atoms with Crippen molar-refractivity contribution >= 4 is 5.95 Å². The Kier molecular flexibility index (Phi) is 4.72. The van der Waals surface area contributed by atoms with Gasteiger partial charge < -0.3 is 10.1 Å². The third-order valence-electron chi connectivity index (χ3n) is 2.73. The van der Waals surface area contributed by atoms with Gasteiger partial charge in [-0.3, -0.25) is 0 Å². The van der Waals surface area contributed by atoms with Crippen LogP contribution in [0.5, 0.6) is 6.01 Å². The minimum Gasteiger partial charge on any atom is -0.463 e. The first-order valence-electron chi connectivity index (χ1n) is 7.11. The molecule has 2 rings (SSSR count). The van der Waals surface area contributed by atoms with Crippen molar-refractivity contribution in [3.63, 3.8) is 0 Å². The molecule has 2 aromatic heterocycles. The Hall–Kier alpha value is -2.18. The second-order valence-corrected chi connectivity index (χ2v) is 5.88. The average molecular weight is 290 g/mol. The zero-order valence-corrected chi connectivity index (χ0v) is 13.0. The highest BCUT2D eigenvalue weighted by molar-refractivity contribution is 5.29. The molecule has 0 bridgehead atoms.